The molecule has 0 aliphatic rings. The zero-order chi connectivity index (χ0) is 21.1. The first-order chi connectivity index (χ1) is 14.1. The van der Waals surface area contributed by atoms with Gasteiger partial charge >= 0.3 is 0 Å². The molecule has 0 aliphatic carbocycles. The third-order valence-corrected chi connectivity index (χ3v) is 4.05. The molecule has 0 bridgehead atoms. The van der Waals surface area contributed by atoms with Crippen LogP contribution in [-0.4, -0.2) is 38.5 Å². The van der Waals surface area contributed by atoms with Crippen LogP contribution in [0, 0.1) is 5.92 Å². The molecule has 152 valence electrons. The van der Waals surface area contributed by atoms with Crippen molar-refractivity contribution in [1.29, 1.82) is 0 Å². The van der Waals surface area contributed by atoms with Gasteiger partial charge in [0.25, 0.3) is 11.8 Å². The predicted molar refractivity (Wildman–Crippen MR) is 111 cm³/mol. The molecule has 2 rings (SSSR count). The molecule has 0 aromatic heterocycles. The minimum Gasteiger partial charge on any atom is -0.497 e. The van der Waals surface area contributed by atoms with Gasteiger partial charge in [0.2, 0.25) is 0 Å². The van der Waals surface area contributed by atoms with E-state index in [1.54, 1.807) is 69.7 Å². The number of hydrazone groups is 2. The molecular formula is C21H24N4O4. The first-order valence-electron chi connectivity index (χ1n) is 9.01. The third kappa shape index (κ3) is 6.76. The molecule has 0 fully saturated rings. The molecule has 0 spiro atoms. The summed E-state index contributed by atoms with van der Waals surface area (Å²) in [4.78, 5) is 24.5. The van der Waals surface area contributed by atoms with Crippen molar-refractivity contribution < 1.29 is 19.1 Å². The molecule has 2 amide bonds. The second-order valence-electron chi connectivity index (χ2n) is 5.98. The molecule has 2 N–H and O–H groups in total. The van der Waals surface area contributed by atoms with Gasteiger partial charge in [-0.1, -0.05) is 6.92 Å². The summed E-state index contributed by atoms with van der Waals surface area (Å²) in [7, 11) is 3.17. The topological polar surface area (TPSA) is 101 Å². The maximum absolute atomic E-state index is 12.2. The van der Waals surface area contributed by atoms with Crippen molar-refractivity contribution in [2.24, 2.45) is 16.1 Å². The van der Waals surface area contributed by atoms with Crippen LogP contribution in [0.2, 0.25) is 0 Å². The fourth-order valence-electron chi connectivity index (χ4n) is 2.37. The number of nitrogens with zero attached hydrogens (tertiary/aromatic N) is 2. The average Bonchev–Trinajstić information content (AvgIpc) is 2.75. The number of methoxy groups -OCH3 is 2. The molecule has 0 atom stereocenters. The van der Waals surface area contributed by atoms with Gasteiger partial charge in [0.05, 0.1) is 26.6 Å². The number of hydrogen-bond acceptors (Lipinski definition) is 6. The zero-order valence-electron chi connectivity index (χ0n) is 16.6. The van der Waals surface area contributed by atoms with Gasteiger partial charge < -0.3 is 9.47 Å². The predicted octanol–water partition coefficient (Wildman–Crippen LogP) is 2.33. The van der Waals surface area contributed by atoms with E-state index < -0.39 is 17.7 Å². The standard InChI is InChI=1S/C21H24N4O4/c1-4-19(20(26)24-22-13-15-5-9-17(28-2)10-6-15)21(27)25-23-14-16-7-11-18(29-3)12-8-16/h5-14,19H,4H2,1-3H3,(H,24,26)(H,25,27)/b22-13-,23-14-. The Balaban J connectivity index is 1.87. The summed E-state index contributed by atoms with van der Waals surface area (Å²) in [5.41, 5.74) is 6.34. The summed E-state index contributed by atoms with van der Waals surface area (Å²) in [5, 5.41) is 7.79. The number of rotatable bonds is 9. The number of amides is 2. The van der Waals surface area contributed by atoms with Gasteiger partial charge in [-0.05, 0) is 66.1 Å². The minimum atomic E-state index is -0.906. The summed E-state index contributed by atoms with van der Waals surface area (Å²) in [6.45, 7) is 1.74. The lowest BCUT2D eigenvalue weighted by Gasteiger charge is -2.10. The lowest BCUT2D eigenvalue weighted by molar-refractivity contribution is -0.135. The zero-order valence-corrected chi connectivity index (χ0v) is 16.6. The molecule has 29 heavy (non-hydrogen) atoms. The van der Waals surface area contributed by atoms with E-state index in [2.05, 4.69) is 21.1 Å². The van der Waals surface area contributed by atoms with Gasteiger partial charge in [-0.15, -0.1) is 0 Å². The van der Waals surface area contributed by atoms with Crippen LogP contribution in [-0.2, 0) is 9.59 Å². The first kappa shape index (κ1) is 21.6. The molecule has 0 heterocycles. The van der Waals surface area contributed by atoms with Crippen molar-refractivity contribution in [1.82, 2.24) is 10.9 Å². The lowest BCUT2D eigenvalue weighted by Crippen LogP contribution is -2.37. The maximum atomic E-state index is 12.2. The van der Waals surface area contributed by atoms with Crippen LogP contribution >= 0.6 is 0 Å². The summed E-state index contributed by atoms with van der Waals surface area (Å²) < 4.78 is 10.2. The Labute approximate surface area is 169 Å². The van der Waals surface area contributed by atoms with Gasteiger partial charge in [-0.3, -0.25) is 9.59 Å². The molecule has 0 saturated heterocycles. The van der Waals surface area contributed by atoms with Crippen molar-refractivity contribution in [3.05, 3.63) is 59.7 Å². The third-order valence-electron chi connectivity index (χ3n) is 4.05. The Kier molecular flexibility index (Phi) is 8.37. The Hall–Kier alpha value is -3.68. The quantitative estimate of drug-likeness (QED) is 0.386. The number of benzene rings is 2. The van der Waals surface area contributed by atoms with Crippen LogP contribution in [0.5, 0.6) is 11.5 Å². The van der Waals surface area contributed by atoms with Crippen molar-refractivity contribution in [2.45, 2.75) is 13.3 Å². The van der Waals surface area contributed by atoms with Gasteiger partial charge in [-0.25, -0.2) is 10.9 Å². The van der Waals surface area contributed by atoms with Crippen molar-refractivity contribution in [3.8, 4) is 11.5 Å². The normalized spacial score (nSPS) is 11.0. The number of carbonyl (C=O) groups is 2. The smallest absolute Gasteiger partial charge is 0.252 e. The van der Waals surface area contributed by atoms with E-state index in [1.807, 2.05) is 0 Å². The minimum absolute atomic E-state index is 0.313. The fourth-order valence-corrected chi connectivity index (χ4v) is 2.37. The number of nitrogens with one attached hydrogen (secondary N) is 2. The Morgan fingerprint density at radius 1 is 0.828 bits per heavy atom. The summed E-state index contributed by atoms with van der Waals surface area (Å²) in [6.07, 6.45) is 3.29. The number of hydrogen-bond donors (Lipinski definition) is 2. The molecule has 2 aromatic carbocycles. The highest BCUT2D eigenvalue weighted by Gasteiger charge is 2.24. The van der Waals surface area contributed by atoms with Gasteiger partial charge in [-0.2, -0.15) is 10.2 Å². The molecule has 0 unspecified atom stereocenters. The van der Waals surface area contributed by atoms with E-state index in [-0.39, 0.29) is 0 Å². The average molecular weight is 396 g/mol. The largest absolute Gasteiger partial charge is 0.497 e. The second-order valence-corrected chi connectivity index (χ2v) is 5.98. The molecule has 0 saturated carbocycles. The Bertz CT molecular complexity index is 790. The van der Waals surface area contributed by atoms with Crippen LogP contribution in [0.1, 0.15) is 24.5 Å². The summed E-state index contributed by atoms with van der Waals surface area (Å²) >= 11 is 0. The van der Waals surface area contributed by atoms with Crippen molar-refractivity contribution in [3.63, 3.8) is 0 Å². The lowest BCUT2D eigenvalue weighted by atomic mass is 10.1. The van der Waals surface area contributed by atoms with Crippen LogP contribution in [0.15, 0.2) is 58.7 Å². The molecule has 8 heteroatoms. The van der Waals surface area contributed by atoms with Crippen LogP contribution < -0.4 is 20.3 Å². The molecular weight excluding hydrogens is 372 g/mol. The monoisotopic (exact) mass is 396 g/mol. The SMILES string of the molecule is CCC(C(=O)N/N=C\c1ccc(OC)cc1)C(=O)N/N=C\c1ccc(OC)cc1. The highest BCUT2D eigenvalue weighted by atomic mass is 16.5. The Morgan fingerprint density at radius 3 is 1.52 bits per heavy atom. The van der Waals surface area contributed by atoms with E-state index in [1.165, 1.54) is 12.4 Å². The van der Waals surface area contributed by atoms with Gasteiger partial charge in [0.1, 0.15) is 17.4 Å². The van der Waals surface area contributed by atoms with E-state index in [0.29, 0.717) is 6.42 Å². The number of ether oxygens (including phenoxy) is 2. The maximum Gasteiger partial charge on any atom is 0.252 e. The van der Waals surface area contributed by atoms with E-state index in [4.69, 9.17) is 9.47 Å². The second kappa shape index (κ2) is 11.2. The van der Waals surface area contributed by atoms with E-state index >= 15 is 0 Å². The van der Waals surface area contributed by atoms with Crippen LogP contribution in [0.3, 0.4) is 0 Å². The molecule has 0 radical (unpaired) electrons. The van der Waals surface area contributed by atoms with Gasteiger partial charge in [0, 0.05) is 0 Å². The van der Waals surface area contributed by atoms with Crippen molar-refractivity contribution >= 4 is 24.2 Å². The van der Waals surface area contributed by atoms with E-state index in [9.17, 15) is 9.59 Å². The number of carbonyl (C=O) groups excluding carboxylic acids is 2. The Morgan fingerprint density at radius 2 is 1.21 bits per heavy atom. The summed E-state index contributed by atoms with van der Waals surface area (Å²) in [5.74, 6) is -0.465. The van der Waals surface area contributed by atoms with Crippen molar-refractivity contribution in [2.75, 3.05) is 14.2 Å². The first-order valence-corrected chi connectivity index (χ1v) is 9.01. The highest BCUT2D eigenvalue weighted by Crippen LogP contribution is 2.10. The van der Waals surface area contributed by atoms with E-state index in [0.717, 1.165) is 22.6 Å². The molecule has 2 aromatic rings. The molecule has 8 nitrogen and oxygen atoms in total. The van der Waals surface area contributed by atoms with Crippen LogP contribution in [0.25, 0.3) is 0 Å². The fraction of sp³-hybridized carbons (Fsp3) is 0.238. The van der Waals surface area contributed by atoms with Gasteiger partial charge in [0.15, 0.2) is 0 Å². The van der Waals surface area contributed by atoms with Crippen LogP contribution in [0.4, 0.5) is 0 Å². The summed E-state index contributed by atoms with van der Waals surface area (Å²) in [6, 6.07) is 14.3. The molecule has 0 aliphatic heterocycles. The highest BCUT2D eigenvalue weighted by molar-refractivity contribution is 6.00.